The van der Waals surface area contributed by atoms with Crippen LogP contribution in [0.1, 0.15) is 23.1 Å². The van der Waals surface area contributed by atoms with Gasteiger partial charge in [-0.1, -0.05) is 6.07 Å². The zero-order valence-corrected chi connectivity index (χ0v) is 16.5. The van der Waals surface area contributed by atoms with Crippen molar-refractivity contribution in [2.24, 2.45) is 0 Å². The Labute approximate surface area is 167 Å². The normalized spacial score (nSPS) is 15.5. The lowest BCUT2D eigenvalue weighted by molar-refractivity contribution is -0.133. The minimum atomic E-state index is -0.385. The summed E-state index contributed by atoms with van der Waals surface area (Å²) in [6.45, 7) is 1.25. The van der Waals surface area contributed by atoms with Crippen molar-refractivity contribution >= 4 is 42.1 Å². The molecule has 10 heteroatoms. The van der Waals surface area contributed by atoms with E-state index in [2.05, 4.69) is 25.5 Å². The smallest absolute Gasteiger partial charge is 0.246 e. The van der Waals surface area contributed by atoms with Gasteiger partial charge in [-0.3, -0.25) is 9.89 Å². The van der Waals surface area contributed by atoms with Crippen LogP contribution in [0.15, 0.2) is 29.9 Å². The number of amides is 1. The number of rotatable bonds is 4. The van der Waals surface area contributed by atoms with E-state index in [1.54, 1.807) is 29.6 Å². The Morgan fingerprint density at radius 1 is 1.42 bits per heavy atom. The van der Waals surface area contributed by atoms with Gasteiger partial charge in [0.25, 0.3) is 0 Å². The molecule has 0 radical (unpaired) electrons. The molecule has 0 saturated carbocycles. The maximum absolute atomic E-state index is 12.8. The number of fused-ring (bicyclic) bond motifs is 1. The van der Waals surface area contributed by atoms with Gasteiger partial charge in [0.1, 0.15) is 11.7 Å². The van der Waals surface area contributed by atoms with E-state index in [1.165, 1.54) is 0 Å². The van der Waals surface area contributed by atoms with Crippen LogP contribution in [0.25, 0.3) is 10.6 Å². The van der Waals surface area contributed by atoms with Crippen molar-refractivity contribution in [1.82, 2.24) is 30.4 Å². The molecule has 0 fully saturated rings. The van der Waals surface area contributed by atoms with Crippen LogP contribution in [0, 0.1) is 0 Å². The number of likely N-dealkylation sites (N-methyl/N-ethyl adjacent to an activating group) is 1. The van der Waals surface area contributed by atoms with Gasteiger partial charge in [-0.2, -0.15) is 5.10 Å². The Kier molecular flexibility index (Phi) is 6.82. The third-order valence-corrected chi connectivity index (χ3v) is 5.08. The van der Waals surface area contributed by atoms with Crippen molar-refractivity contribution in [3.8, 4) is 10.6 Å². The zero-order chi connectivity index (χ0) is 16.5. The number of nitrogens with zero attached hydrogens (tertiary/aromatic N) is 3. The minimum Gasteiger partial charge on any atom is -0.348 e. The fourth-order valence-corrected chi connectivity index (χ4v) is 3.66. The fourth-order valence-electron chi connectivity index (χ4n) is 2.97. The number of aromatic nitrogens is 4. The van der Waals surface area contributed by atoms with Gasteiger partial charge < -0.3 is 15.2 Å². The molecule has 3 aromatic rings. The number of hydrogen-bond acceptors (Lipinski definition) is 5. The fraction of sp³-hybridized carbons (Fsp3) is 0.312. The summed E-state index contributed by atoms with van der Waals surface area (Å²) in [7, 11) is 1.80. The highest BCUT2D eigenvalue weighted by Gasteiger charge is 2.30. The second-order valence-corrected chi connectivity index (χ2v) is 6.80. The largest absolute Gasteiger partial charge is 0.348 e. The molecule has 1 unspecified atom stereocenters. The Morgan fingerprint density at radius 2 is 2.27 bits per heavy atom. The molecule has 0 spiro atoms. The van der Waals surface area contributed by atoms with Gasteiger partial charge in [-0.15, -0.1) is 36.2 Å². The maximum atomic E-state index is 12.8. The number of aromatic amines is 2. The summed E-state index contributed by atoms with van der Waals surface area (Å²) in [5.74, 6) is 0.00956. The van der Waals surface area contributed by atoms with Crippen molar-refractivity contribution in [2.75, 3.05) is 13.6 Å². The number of thiophene rings is 1. The summed E-state index contributed by atoms with van der Waals surface area (Å²) in [6, 6.07) is 5.64. The Morgan fingerprint density at radius 3 is 3.04 bits per heavy atom. The van der Waals surface area contributed by atoms with Gasteiger partial charge in [0.05, 0.1) is 29.1 Å². The van der Waals surface area contributed by atoms with Crippen LogP contribution in [0.4, 0.5) is 0 Å². The first kappa shape index (κ1) is 20.4. The molecular formula is C16H20Cl2N6OS. The van der Waals surface area contributed by atoms with Crippen molar-refractivity contribution in [3.05, 3.63) is 47.0 Å². The van der Waals surface area contributed by atoms with Crippen LogP contribution < -0.4 is 5.32 Å². The second-order valence-electron chi connectivity index (χ2n) is 5.85. The standard InChI is InChI=1S/C16H18N6OS.2ClH/c1-22(8-10-7-12(21-20-10)13-3-2-6-24-13)16(23)15-14-11(4-5-17-15)18-9-19-14;;/h2-3,6-7,9,15,17H,4-5,8H2,1H3,(H,18,19)(H,20,21);2*1H. The van der Waals surface area contributed by atoms with Gasteiger partial charge in [0.15, 0.2) is 0 Å². The lowest BCUT2D eigenvalue weighted by atomic mass is 10.0. The third-order valence-electron chi connectivity index (χ3n) is 4.18. The monoisotopic (exact) mass is 414 g/mol. The molecule has 3 N–H and O–H groups in total. The summed E-state index contributed by atoms with van der Waals surface area (Å²) in [4.78, 5) is 23.0. The van der Waals surface area contributed by atoms with Gasteiger partial charge in [-0.05, 0) is 17.5 Å². The summed E-state index contributed by atoms with van der Waals surface area (Å²) >= 11 is 1.65. The van der Waals surface area contributed by atoms with Crippen molar-refractivity contribution in [2.45, 2.75) is 19.0 Å². The highest BCUT2D eigenvalue weighted by atomic mass is 35.5. The molecule has 0 aliphatic carbocycles. The van der Waals surface area contributed by atoms with Crippen LogP contribution in [0.2, 0.25) is 0 Å². The topological polar surface area (TPSA) is 89.7 Å². The van der Waals surface area contributed by atoms with Crippen molar-refractivity contribution in [3.63, 3.8) is 0 Å². The number of nitrogens with one attached hydrogen (secondary N) is 3. The molecule has 0 aromatic carbocycles. The zero-order valence-electron chi connectivity index (χ0n) is 14.1. The lowest BCUT2D eigenvalue weighted by Crippen LogP contribution is -2.42. The van der Waals surface area contributed by atoms with Crippen LogP contribution >= 0.6 is 36.2 Å². The predicted molar refractivity (Wildman–Crippen MR) is 106 cm³/mol. The molecule has 7 nitrogen and oxygen atoms in total. The first-order valence-corrected chi connectivity index (χ1v) is 8.69. The average molecular weight is 415 g/mol. The number of hydrogen-bond donors (Lipinski definition) is 3. The van der Waals surface area contributed by atoms with Gasteiger partial charge >= 0.3 is 0 Å². The Hall–Kier alpha value is -1.87. The number of carbonyl (C=O) groups excluding carboxylic acids is 1. The van der Waals surface area contributed by atoms with Gasteiger partial charge in [0.2, 0.25) is 5.91 Å². The molecule has 0 bridgehead atoms. The Bertz CT molecular complexity index is 847. The van der Waals surface area contributed by atoms with Crippen LogP contribution in [-0.4, -0.2) is 44.6 Å². The SMILES string of the molecule is CN(Cc1cc(-c2cccs2)n[nH]1)C(=O)C1NCCc2[nH]cnc21.Cl.Cl. The number of H-pyrrole nitrogens is 2. The van der Waals surface area contributed by atoms with E-state index in [9.17, 15) is 4.79 Å². The van der Waals surface area contributed by atoms with Crippen LogP contribution in [0.5, 0.6) is 0 Å². The molecule has 1 aliphatic rings. The van der Waals surface area contributed by atoms with E-state index in [-0.39, 0.29) is 36.8 Å². The van der Waals surface area contributed by atoms with E-state index in [0.29, 0.717) is 6.54 Å². The highest BCUT2D eigenvalue weighted by molar-refractivity contribution is 7.13. The molecule has 1 aliphatic heterocycles. The van der Waals surface area contributed by atoms with E-state index >= 15 is 0 Å². The molecule has 1 amide bonds. The molecule has 140 valence electrons. The van der Waals surface area contributed by atoms with Crippen molar-refractivity contribution < 1.29 is 4.79 Å². The molecule has 3 aromatic heterocycles. The lowest BCUT2D eigenvalue weighted by Gasteiger charge is -2.26. The maximum Gasteiger partial charge on any atom is 0.246 e. The highest BCUT2D eigenvalue weighted by Crippen LogP contribution is 2.24. The molecule has 4 heterocycles. The molecular weight excluding hydrogens is 395 g/mol. The van der Waals surface area contributed by atoms with E-state index in [1.807, 2.05) is 23.6 Å². The van der Waals surface area contributed by atoms with Gasteiger partial charge in [0, 0.05) is 25.7 Å². The van der Waals surface area contributed by atoms with E-state index < -0.39 is 0 Å². The molecule has 0 saturated heterocycles. The van der Waals surface area contributed by atoms with Crippen LogP contribution in [-0.2, 0) is 17.8 Å². The third kappa shape index (κ3) is 3.93. The number of halogens is 2. The van der Waals surface area contributed by atoms with E-state index in [4.69, 9.17) is 0 Å². The number of imidazole rings is 1. The molecule has 4 rings (SSSR count). The first-order valence-electron chi connectivity index (χ1n) is 7.81. The first-order chi connectivity index (χ1) is 11.7. The quantitative estimate of drug-likeness (QED) is 0.611. The summed E-state index contributed by atoms with van der Waals surface area (Å²) in [5.41, 5.74) is 3.67. The summed E-state index contributed by atoms with van der Waals surface area (Å²) in [6.07, 6.45) is 2.52. The Balaban J connectivity index is 0.00000121. The van der Waals surface area contributed by atoms with Crippen molar-refractivity contribution in [1.29, 1.82) is 0 Å². The van der Waals surface area contributed by atoms with Crippen LogP contribution in [0.3, 0.4) is 0 Å². The summed E-state index contributed by atoms with van der Waals surface area (Å²) < 4.78 is 0. The van der Waals surface area contributed by atoms with E-state index in [0.717, 1.165) is 40.6 Å². The second kappa shape index (κ2) is 8.68. The minimum absolute atomic E-state index is 0. The molecule has 1 atom stereocenters. The molecule has 26 heavy (non-hydrogen) atoms. The number of carbonyl (C=O) groups is 1. The predicted octanol–water partition coefficient (Wildman–Crippen LogP) is 2.55. The average Bonchev–Trinajstić information content (AvgIpc) is 3.33. The van der Waals surface area contributed by atoms with Gasteiger partial charge in [-0.25, -0.2) is 4.98 Å². The summed E-state index contributed by atoms with van der Waals surface area (Å²) in [5, 5.41) is 12.6.